The third-order valence-electron chi connectivity index (χ3n) is 4.28. The van der Waals surface area contributed by atoms with Gasteiger partial charge in [-0.25, -0.2) is 0 Å². The molecule has 31 heavy (non-hydrogen) atoms. The lowest BCUT2D eigenvalue weighted by molar-refractivity contribution is -0.385. The largest absolute Gasteiger partial charge is 0.488 e. The fraction of sp³-hybridized carbons (Fsp3) is 0.0455. The van der Waals surface area contributed by atoms with Crippen LogP contribution in [0.5, 0.6) is 5.75 Å². The molecule has 0 heterocycles. The first-order valence-corrected chi connectivity index (χ1v) is 9.69. The zero-order valence-corrected chi connectivity index (χ0v) is 17.5. The molecule has 0 fully saturated rings. The van der Waals surface area contributed by atoms with Gasteiger partial charge in [0.25, 0.3) is 11.4 Å². The number of nitrogens with zero attached hydrogens (tertiary/aromatic N) is 3. The molecule has 0 saturated carbocycles. The van der Waals surface area contributed by atoms with Crippen LogP contribution in [0.4, 0.5) is 11.4 Å². The number of hydrogen-bond acceptors (Lipinski definition) is 6. The number of ether oxygens (including phenoxy) is 1. The maximum atomic E-state index is 11.0. The van der Waals surface area contributed by atoms with Gasteiger partial charge in [0.2, 0.25) is 0 Å². The molecule has 0 amide bonds. The van der Waals surface area contributed by atoms with Gasteiger partial charge in [0.05, 0.1) is 21.5 Å². The van der Waals surface area contributed by atoms with Crippen molar-refractivity contribution in [2.24, 2.45) is 0 Å². The van der Waals surface area contributed by atoms with E-state index in [1.165, 1.54) is 30.3 Å². The molecular formula is C22H14BrN3O5. The van der Waals surface area contributed by atoms with Crippen LogP contribution in [0.1, 0.15) is 16.7 Å². The highest BCUT2D eigenvalue weighted by atomic mass is 79.9. The maximum Gasteiger partial charge on any atom is 0.270 e. The Labute approximate surface area is 185 Å². The second kappa shape index (κ2) is 9.65. The lowest BCUT2D eigenvalue weighted by Crippen LogP contribution is -1.98. The van der Waals surface area contributed by atoms with Crippen LogP contribution in [0.3, 0.4) is 0 Å². The molecule has 3 aromatic carbocycles. The number of nitro groups is 2. The number of non-ortho nitro benzene ring substituents is 2. The molecule has 0 aliphatic heterocycles. The lowest BCUT2D eigenvalue weighted by atomic mass is 10.0. The van der Waals surface area contributed by atoms with Crippen molar-refractivity contribution >= 4 is 39.0 Å². The fourth-order valence-corrected chi connectivity index (χ4v) is 3.19. The Balaban J connectivity index is 1.93. The quantitative estimate of drug-likeness (QED) is 0.180. The first-order valence-electron chi connectivity index (χ1n) is 8.89. The molecule has 3 rings (SSSR count). The summed E-state index contributed by atoms with van der Waals surface area (Å²) >= 11 is 3.38. The van der Waals surface area contributed by atoms with Gasteiger partial charge in [-0.1, -0.05) is 40.2 Å². The van der Waals surface area contributed by atoms with Crippen LogP contribution >= 0.6 is 15.9 Å². The van der Waals surface area contributed by atoms with Crippen molar-refractivity contribution in [3.05, 3.63) is 108 Å². The number of benzene rings is 3. The van der Waals surface area contributed by atoms with E-state index in [9.17, 15) is 25.5 Å². The Hall–Kier alpha value is -4.03. The molecule has 0 unspecified atom stereocenters. The van der Waals surface area contributed by atoms with Gasteiger partial charge in [-0.2, -0.15) is 5.26 Å². The summed E-state index contributed by atoms with van der Waals surface area (Å²) in [6, 6.07) is 19.2. The van der Waals surface area contributed by atoms with Crippen LogP contribution in [-0.4, -0.2) is 9.85 Å². The van der Waals surface area contributed by atoms with Crippen molar-refractivity contribution in [3.63, 3.8) is 0 Å². The summed E-state index contributed by atoms with van der Waals surface area (Å²) < 4.78 is 6.60. The van der Waals surface area contributed by atoms with Crippen LogP contribution in [0.2, 0.25) is 0 Å². The zero-order valence-electron chi connectivity index (χ0n) is 15.9. The molecule has 0 spiro atoms. The van der Waals surface area contributed by atoms with Crippen LogP contribution in [0.15, 0.2) is 71.2 Å². The van der Waals surface area contributed by atoms with Crippen molar-refractivity contribution < 1.29 is 14.6 Å². The number of hydrogen-bond donors (Lipinski definition) is 0. The third-order valence-corrected chi connectivity index (χ3v) is 4.77. The Morgan fingerprint density at radius 3 is 2.35 bits per heavy atom. The molecule has 0 N–H and O–H groups in total. The van der Waals surface area contributed by atoms with Gasteiger partial charge in [-0.3, -0.25) is 20.2 Å². The summed E-state index contributed by atoms with van der Waals surface area (Å²) in [5.41, 5.74) is 1.67. The summed E-state index contributed by atoms with van der Waals surface area (Å²) in [5.74, 6) is 0.452. The van der Waals surface area contributed by atoms with Gasteiger partial charge in [-0.15, -0.1) is 0 Å². The van der Waals surface area contributed by atoms with Crippen LogP contribution in [0.25, 0.3) is 11.6 Å². The van der Waals surface area contributed by atoms with E-state index < -0.39 is 9.85 Å². The summed E-state index contributed by atoms with van der Waals surface area (Å²) in [5, 5.41) is 31.6. The molecular weight excluding hydrogens is 466 g/mol. The predicted octanol–water partition coefficient (Wildman–Crippen LogP) is 5.91. The van der Waals surface area contributed by atoms with E-state index in [0.717, 1.165) is 4.47 Å². The fourth-order valence-electron chi connectivity index (χ4n) is 2.81. The number of nitro benzene ring substituents is 2. The predicted molar refractivity (Wildman–Crippen MR) is 118 cm³/mol. The van der Waals surface area contributed by atoms with Gasteiger partial charge in [0.15, 0.2) is 0 Å². The molecule has 0 aromatic heterocycles. The number of halogens is 1. The molecule has 0 bridgehead atoms. The highest BCUT2D eigenvalue weighted by molar-refractivity contribution is 9.10. The second-order valence-corrected chi connectivity index (χ2v) is 7.29. The SMILES string of the molecule is N#C/C(=C/c1cc(Br)ccc1OCc1cccc([N+](=O)[O-])c1)c1cccc([N+](=O)[O-])c1. The van der Waals surface area contributed by atoms with E-state index in [1.807, 2.05) is 0 Å². The smallest absolute Gasteiger partial charge is 0.270 e. The highest BCUT2D eigenvalue weighted by Crippen LogP contribution is 2.29. The van der Waals surface area contributed by atoms with Crippen molar-refractivity contribution in [1.82, 2.24) is 0 Å². The van der Waals surface area contributed by atoms with E-state index in [0.29, 0.717) is 22.4 Å². The first kappa shape index (κ1) is 21.7. The molecule has 0 radical (unpaired) electrons. The van der Waals surface area contributed by atoms with Gasteiger partial charge < -0.3 is 4.74 Å². The van der Waals surface area contributed by atoms with Crippen molar-refractivity contribution in [2.75, 3.05) is 0 Å². The summed E-state index contributed by atoms with van der Waals surface area (Å²) in [4.78, 5) is 21.0. The summed E-state index contributed by atoms with van der Waals surface area (Å²) in [6.07, 6.45) is 1.58. The molecule has 154 valence electrons. The Bertz CT molecular complexity index is 1230. The van der Waals surface area contributed by atoms with E-state index in [-0.39, 0.29) is 23.6 Å². The lowest BCUT2D eigenvalue weighted by Gasteiger charge is -2.11. The first-order chi connectivity index (χ1) is 14.9. The van der Waals surface area contributed by atoms with Gasteiger partial charge in [0.1, 0.15) is 12.4 Å². The zero-order chi connectivity index (χ0) is 22.4. The molecule has 8 nitrogen and oxygen atoms in total. The number of nitriles is 1. The second-order valence-electron chi connectivity index (χ2n) is 6.38. The van der Waals surface area contributed by atoms with Crippen molar-refractivity contribution in [1.29, 1.82) is 5.26 Å². The standard InChI is InChI=1S/C22H14BrN3O5/c23-19-7-8-22(31-14-15-3-1-5-20(9-15)25(27)28)17(11-19)10-18(13-24)16-4-2-6-21(12-16)26(29)30/h1-12H,14H2/b18-10-. The summed E-state index contributed by atoms with van der Waals surface area (Å²) in [6.45, 7) is 0.0862. The molecule has 0 atom stereocenters. The van der Waals surface area contributed by atoms with Crippen molar-refractivity contribution in [2.45, 2.75) is 6.61 Å². The minimum absolute atomic E-state index is 0.0329. The van der Waals surface area contributed by atoms with Crippen molar-refractivity contribution in [3.8, 4) is 11.8 Å². The monoisotopic (exact) mass is 479 g/mol. The molecule has 3 aromatic rings. The maximum absolute atomic E-state index is 11.0. The molecule has 0 aliphatic carbocycles. The highest BCUT2D eigenvalue weighted by Gasteiger charge is 2.12. The van der Waals surface area contributed by atoms with E-state index in [2.05, 4.69) is 22.0 Å². The van der Waals surface area contributed by atoms with Crippen LogP contribution < -0.4 is 4.74 Å². The minimum atomic E-state index is -0.523. The normalized spacial score (nSPS) is 10.9. The minimum Gasteiger partial charge on any atom is -0.488 e. The third kappa shape index (κ3) is 5.52. The molecule has 0 saturated heterocycles. The van der Waals surface area contributed by atoms with E-state index in [1.54, 1.807) is 42.5 Å². The number of rotatable bonds is 7. The van der Waals surface area contributed by atoms with Crippen LogP contribution in [-0.2, 0) is 6.61 Å². The van der Waals surface area contributed by atoms with Crippen LogP contribution in [0, 0.1) is 31.6 Å². The summed E-state index contributed by atoms with van der Waals surface area (Å²) in [7, 11) is 0. The Morgan fingerprint density at radius 1 is 1.00 bits per heavy atom. The Morgan fingerprint density at radius 2 is 1.68 bits per heavy atom. The average Bonchev–Trinajstić information content (AvgIpc) is 2.77. The average molecular weight is 480 g/mol. The topological polar surface area (TPSA) is 119 Å². The Kier molecular flexibility index (Phi) is 6.74. The molecule has 0 aliphatic rings. The van der Waals surface area contributed by atoms with E-state index in [4.69, 9.17) is 4.74 Å². The molecule has 9 heteroatoms. The van der Waals surface area contributed by atoms with Gasteiger partial charge in [-0.05, 0) is 35.4 Å². The van der Waals surface area contributed by atoms with Gasteiger partial charge in [0, 0.05) is 34.3 Å². The van der Waals surface area contributed by atoms with Gasteiger partial charge >= 0.3 is 0 Å². The number of allylic oxidation sites excluding steroid dienone is 1. The van der Waals surface area contributed by atoms with E-state index >= 15 is 0 Å².